The van der Waals surface area contributed by atoms with Crippen LogP contribution in [0.3, 0.4) is 0 Å². The van der Waals surface area contributed by atoms with Crippen molar-refractivity contribution in [2.24, 2.45) is 0 Å². The van der Waals surface area contributed by atoms with Crippen LogP contribution in [0.4, 0.5) is 5.69 Å². The Hall–Kier alpha value is -2.46. The van der Waals surface area contributed by atoms with Crippen LogP contribution in [0.25, 0.3) is 0 Å². The Kier molecular flexibility index (Phi) is 2.35. The number of rotatable bonds is 2. The Balaban J connectivity index is 1.74. The van der Waals surface area contributed by atoms with E-state index in [4.69, 9.17) is 4.74 Å². The number of ether oxygens (including phenoxy) is 1. The third-order valence-corrected chi connectivity index (χ3v) is 4.07. The zero-order valence-electron chi connectivity index (χ0n) is 11.4. The van der Waals surface area contributed by atoms with Crippen LogP contribution in [0.2, 0.25) is 0 Å². The van der Waals surface area contributed by atoms with E-state index in [-0.39, 0.29) is 11.7 Å². The molecule has 2 atom stereocenters. The number of carbonyl (C=O) groups excluding carboxylic acids is 2. The second kappa shape index (κ2) is 4.02. The number of anilines is 1. The molecular formula is C17H13NO3. The van der Waals surface area contributed by atoms with E-state index in [1.54, 1.807) is 24.3 Å². The van der Waals surface area contributed by atoms with Crippen molar-refractivity contribution in [2.75, 3.05) is 5.32 Å². The fourth-order valence-electron chi connectivity index (χ4n) is 2.93. The Morgan fingerprint density at radius 3 is 2.71 bits per heavy atom. The molecule has 104 valence electrons. The van der Waals surface area contributed by atoms with Crippen LogP contribution < -0.4 is 5.32 Å². The van der Waals surface area contributed by atoms with Crippen molar-refractivity contribution < 1.29 is 14.3 Å². The van der Waals surface area contributed by atoms with Gasteiger partial charge in [0.25, 0.3) is 5.91 Å². The fraction of sp³-hybridized carbons (Fsp3) is 0.176. The molecule has 4 rings (SSSR count). The largest absolute Gasteiger partial charge is 0.342 e. The Morgan fingerprint density at radius 2 is 1.95 bits per heavy atom. The molecule has 21 heavy (non-hydrogen) atoms. The molecule has 4 heteroatoms. The first-order valence-electron chi connectivity index (χ1n) is 6.82. The molecule has 1 amide bonds. The first kappa shape index (κ1) is 12.3. The summed E-state index contributed by atoms with van der Waals surface area (Å²) >= 11 is 0. The van der Waals surface area contributed by atoms with Gasteiger partial charge in [-0.2, -0.15) is 0 Å². The van der Waals surface area contributed by atoms with Crippen molar-refractivity contribution >= 4 is 17.4 Å². The lowest BCUT2D eigenvalue weighted by Crippen LogP contribution is -2.27. The molecule has 0 aliphatic carbocycles. The molecular weight excluding hydrogens is 266 g/mol. The highest BCUT2D eigenvalue weighted by Gasteiger charge is 2.70. The minimum Gasteiger partial charge on any atom is -0.342 e. The number of ketones is 1. The summed E-state index contributed by atoms with van der Waals surface area (Å²) in [6.45, 7) is 1.95. The van der Waals surface area contributed by atoms with Gasteiger partial charge in [-0.25, -0.2) is 0 Å². The van der Waals surface area contributed by atoms with Crippen LogP contribution in [0, 0.1) is 6.92 Å². The van der Waals surface area contributed by atoms with Crippen LogP contribution in [-0.2, 0) is 15.1 Å². The molecule has 1 spiro atoms. The summed E-state index contributed by atoms with van der Waals surface area (Å²) in [5.41, 5.74) is 1.96. The van der Waals surface area contributed by atoms with E-state index in [0.29, 0.717) is 5.56 Å². The minimum atomic E-state index is -1.13. The minimum absolute atomic E-state index is 0.153. The molecule has 2 aromatic rings. The van der Waals surface area contributed by atoms with Crippen LogP contribution >= 0.6 is 0 Å². The van der Waals surface area contributed by atoms with Gasteiger partial charge in [-0.1, -0.05) is 48.0 Å². The SMILES string of the molecule is Cc1ccc2c(c1)[C@@]1(O[C@H]1C(=O)c1ccccc1)C(=O)N2. The second-order valence-electron chi connectivity index (χ2n) is 5.47. The summed E-state index contributed by atoms with van der Waals surface area (Å²) in [5.74, 6) is -0.405. The summed E-state index contributed by atoms with van der Waals surface area (Å²) in [4.78, 5) is 24.8. The number of amides is 1. The van der Waals surface area contributed by atoms with E-state index < -0.39 is 11.7 Å². The number of nitrogens with one attached hydrogen (secondary N) is 1. The number of aryl methyl sites for hydroxylation is 1. The van der Waals surface area contributed by atoms with Gasteiger partial charge in [0.1, 0.15) is 0 Å². The number of epoxide rings is 1. The van der Waals surface area contributed by atoms with E-state index in [1.807, 2.05) is 31.2 Å². The topological polar surface area (TPSA) is 58.7 Å². The summed E-state index contributed by atoms with van der Waals surface area (Å²) in [5, 5.41) is 2.80. The van der Waals surface area contributed by atoms with Crippen LogP contribution in [0.1, 0.15) is 21.5 Å². The monoisotopic (exact) mass is 279 g/mol. The normalized spacial score (nSPS) is 25.6. The van der Waals surface area contributed by atoms with Gasteiger partial charge < -0.3 is 10.1 Å². The van der Waals surface area contributed by atoms with Crippen molar-refractivity contribution in [1.29, 1.82) is 0 Å². The van der Waals surface area contributed by atoms with Gasteiger partial charge >= 0.3 is 0 Å². The number of hydrogen-bond acceptors (Lipinski definition) is 3. The third kappa shape index (κ3) is 1.59. The second-order valence-corrected chi connectivity index (χ2v) is 5.47. The van der Waals surface area contributed by atoms with Crippen LogP contribution in [-0.4, -0.2) is 17.8 Å². The molecule has 0 aromatic heterocycles. The lowest BCUT2D eigenvalue weighted by atomic mass is 9.91. The predicted molar refractivity (Wildman–Crippen MR) is 77.1 cm³/mol. The van der Waals surface area contributed by atoms with Crippen molar-refractivity contribution in [3.8, 4) is 0 Å². The van der Waals surface area contributed by atoms with Gasteiger partial charge in [0.05, 0.1) is 0 Å². The first-order chi connectivity index (χ1) is 10.1. The van der Waals surface area contributed by atoms with Crippen molar-refractivity contribution in [1.82, 2.24) is 0 Å². The highest BCUT2D eigenvalue weighted by molar-refractivity contribution is 6.15. The van der Waals surface area contributed by atoms with Crippen LogP contribution in [0.5, 0.6) is 0 Å². The van der Waals surface area contributed by atoms with E-state index in [1.165, 1.54) is 0 Å². The number of fused-ring (bicyclic) bond motifs is 2. The fourth-order valence-corrected chi connectivity index (χ4v) is 2.93. The lowest BCUT2D eigenvalue weighted by molar-refractivity contribution is -0.120. The maximum Gasteiger partial charge on any atom is 0.264 e. The molecule has 4 nitrogen and oxygen atoms in total. The number of Topliss-reactive ketones (excluding diaryl/α,β-unsaturated/α-hetero) is 1. The summed E-state index contributed by atoms with van der Waals surface area (Å²) in [6, 6.07) is 14.6. The summed E-state index contributed by atoms with van der Waals surface area (Å²) < 4.78 is 5.61. The van der Waals surface area contributed by atoms with Gasteiger partial charge in [0.15, 0.2) is 11.9 Å². The summed E-state index contributed by atoms with van der Waals surface area (Å²) in [6.07, 6.45) is -0.733. The molecule has 2 aliphatic heterocycles. The maximum absolute atomic E-state index is 12.5. The predicted octanol–water partition coefficient (Wildman–Crippen LogP) is 2.42. The maximum atomic E-state index is 12.5. The van der Waals surface area contributed by atoms with Crippen molar-refractivity contribution in [2.45, 2.75) is 18.6 Å². The van der Waals surface area contributed by atoms with Crippen LogP contribution in [0.15, 0.2) is 48.5 Å². The zero-order chi connectivity index (χ0) is 14.6. The van der Waals surface area contributed by atoms with Gasteiger partial charge in [-0.05, 0) is 13.0 Å². The number of hydrogen-bond donors (Lipinski definition) is 1. The highest BCUT2D eigenvalue weighted by atomic mass is 16.6. The Morgan fingerprint density at radius 1 is 1.19 bits per heavy atom. The lowest BCUT2D eigenvalue weighted by Gasteiger charge is -2.04. The van der Waals surface area contributed by atoms with Gasteiger partial charge in [-0.15, -0.1) is 0 Å². The highest BCUT2D eigenvalue weighted by Crippen LogP contribution is 2.54. The van der Waals surface area contributed by atoms with E-state index in [9.17, 15) is 9.59 Å². The quantitative estimate of drug-likeness (QED) is 0.678. The molecule has 1 fully saturated rings. The molecule has 0 bridgehead atoms. The zero-order valence-corrected chi connectivity index (χ0v) is 11.4. The standard InChI is InChI=1S/C17H13NO3/c1-10-7-8-13-12(9-10)17(16(20)18-13)15(21-17)14(19)11-5-3-2-4-6-11/h2-9,15H,1H3,(H,18,20)/t15-,17-/m0/s1. The molecule has 2 aromatic carbocycles. The van der Waals surface area contributed by atoms with Gasteiger partial charge in [-0.3, -0.25) is 9.59 Å². The average molecular weight is 279 g/mol. The van der Waals surface area contributed by atoms with Crippen molar-refractivity contribution in [3.05, 3.63) is 65.2 Å². The van der Waals surface area contributed by atoms with E-state index in [2.05, 4.69) is 5.32 Å². The van der Waals surface area contributed by atoms with Crippen molar-refractivity contribution in [3.63, 3.8) is 0 Å². The molecule has 0 saturated carbocycles. The Labute approximate surface area is 121 Å². The van der Waals surface area contributed by atoms with Gasteiger partial charge in [0, 0.05) is 16.8 Å². The molecule has 2 heterocycles. The summed E-state index contributed by atoms with van der Waals surface area (Å²) in [7, 11) is 0. The smallest absolute Gasteiger partial charge is 0.264 e. The molecule has 1 N–H and O–H groups in total. The Bertz CT molecular complexity index is 769. The van der Waals surface area contributed by atoms with Gasteiger partial charge in [0.2, 0.25) is 5.60 Å². The molecule has 2 aliphatic rings. The first-order valence-corrected chi connectivity index (χ1v) is 6.82. The number of carbonyl (C=O) groups is 2. The van der Waals surface area contributed by atoms with E-state index in [0.717, 1.165) is 16.8 Å². The molecule has 0 unspecified atom stereocenters. The average Bonchev–Trinajstić information content (AvgIpc) is 3.19. The van der Waals surface area contributed by atoms with E-state index >= 15 is 0 Å². The number of benzene rings is 2. The molecule has 1 saturated heterocycles. The molecule has 0 radical (unpaired) electrons. The third-order valence-electron chi connectivity index (χ3n) is 4.07.